The molecule has 0 fully saturated rings. The van der Waals surface area contributed by atoms with E-state index in [4.69, 9.17) is 0 Å². The molecule has 0 saturated heterocycles. The fourth-order valence-electron chi connectivity index (χ4n) is 2.11. The second kappa shape index (κ2) is 5.48. The van der Waals surface area contributed by atoms with Gasteiger partial charge in [-0.05, 0) is 51.9 Å². The van der Waals surface area contributed by atoms with E-state index in [2.05, 4.69) is 26.0 Å². The van der Waals surface area contributed by atoms with Crippen LogP contribution in [-0.2, 0) is 12.8 Å². The van der Waals surface area contributed by atoms with Crippen LogP contribution in [0.3, 0.4) is 0 Å². The van der Waals surface area contributed by atoms with E-state index in [9.17, 15) is 5.11 Å². The average Bonchev–Trinajstić information content (AvgIpc) is 2.90. The summed E-state index contributed by atoms with van der Waals surface area (Å²) in [4.78, 5) is 0. The summed E-state index contributed by atoms with van der Waals surface area (Å²) in [5.41, 5.74) is 4.71. The smallest absolute Gasteiger partial charge is 0.105 e. The fourth-order valence-corrected chi connectivity index (χ4v) is 2.79. The molecular formula is C15H18OS. The molecule has 17 heavy (non-hydrogen) atoms. The molecule has 0 aliphatic heterocycles. The number of hydrogen-bond acceptors (Lipinski definition) is 2. The molecule has 0 bridgehead atoms. The molecule has 2 rings (SSSR count). The summed E-state index contributed by atoms with van der Waals surface area (Å²) in [6.45, 7) is 4.33. The van der Waals surface area contributed by atoms with E-state index in [-0.39, 0.29) is 0 Å². The molecule has 1 atom stereocenters. The van der Waals surface area contributed by atoms with Gasteiger partial charge in [-0.15, -0.1) is 0 Å². The minimum Gasteiger partial charge on any atom is -0.384 e. The van der Waals surface area contributed by atoms with E-state index < -0.39 is 6.10 Å². The van der Waals surface area contributed by atoms with Crippen molar-refractivity contribution in [3.8, 4) is 0 Å². The third kappa shape index (κ3) is 2.59. The zero-order valence-corrected chi connectivity index (χ0v) is 11.1. The molecule has 0 aliphatic carbocycles. The van der Waals surface area contributed by atoms with Crippen molar-refractivity contribution < 1.29 is 5.11 Å². The molecule has 90 valence electrons. The predicted octanol–water partition coefficient (Wildman–Crippen LogP) is 3.95. The third-order valence-corrected chi connectivity index (χ3v) is 3.87. The van der Waals surface area contributed by atoms with E-state index in [1.54, 1.807) is 11.3 Å². The Balaban J connectivity index is 2.33. The lowest BCUT2D eigenvalue weighted by Crippen LogP contribution is -2.01. The van der Waals surface area contributed by atoms with Gasteiger partial charge in [0.2, 0.25) is 0 Å². The Kier molecular flexibility index (Phi) is 3.97. The van der Waals surface area contributed by atoms with Crippen LogP contribution in [0.1, 0.15) is 42.2 Å². The first-order valence-electron chi connectivity index (χ1n) is 6.08. The van der Waals surface area contributed by atoms with E-state index >= 15 is 0 Å². The summed E-state index contributed by atoms with van der Waals surface area (Å²) in [5, 5.41) is 14.3. The lowest BCUT2D eigenvalue weighted by molar-refractivity contribution is 0.220. The third-order valence-electron chi connectivity index (χ3n) is 3.17. The number of hydrogen-bond donors (Lipinski definition) is 1. The Morgan fingerprint density at radius 1 is 1.06 bits per heavy atom. The van der Waals surface area contributed by atoms with Crippen LogP contribution in [0.5, 0.6) is 0 Å². The maximum Gasteiger partial charge on any atom is 0.105 e. The molecule has 1 aromatic heterocycles. The molecule has 1 N–H and O–H groups in total. The van der Waals surface area contributed by atoms with Crippen LogP contribution in [0.4, 0.5) is 0 Å². The topological polar surface area (TPSA) is 20.2 Å². The van der Waals surface area contributed by atoms with Gasteiger partial charge in [-0.3, -0.25) is 0 Å². The first kappa shape index (κ1) is 12.3. The zero-order chi connectivity index (χ0) is 12.3. The Bertz CT molecular complexity index is 474. The Labute approximate surface area is 107 Å². The Morgan fingerprint density at radius 2 is 1.82 bits per heavy atom. The van der Waals surface area contributed by atoms with Crippen molar-refractivity contribution in [1.29, 1.82) is 0 Å². The molecule has 2 aromatic rings. The van der Waals surface area contributed by atoms with Crippen LogP contribution >= 0.6 is 11.3 Å². The van der Waals surface area contributed by atoms with Crippen LogP contribution in [0.15, 0.2) is 35.0 Å². The summed E-state index contributed by atoms with van der Waals surface area (Å²) in [6.07, 6.45) is 1.59. The van der Waals surface area contributed by atoms with Gasteiger partial charge < -0.3 is 5.11 Å². The van der Waals surface area contributed by atoms with Gasteiger partial charge in [0.25, 0.3) is 0 Å². The molecule has 1 aromatic carbocycles. The minimum absolute atomic E-state index is 0.488. The van der Waals surface area contributed by atoms with E-state index in [1.165, 1.54) is 11.1 Å². The van der Waals surface area contributed by atoms with Gasteiger partial charge in [0.1, 0.15) is 6.10 Å². The number of aryl methyl sites for hydroxylation is 2. The van der Waals surface area contributed by atoms with Gasteiger partial charge in [-0.25, -0.2) is 0 Å². The number of thiophene rings is 1. The lowest BCUT2D eigenvalue weighted by Gasteiger charge is -2.13. The fraction of sp³-hybridized carbons (Fsp3) is 0.333. The quantitative estimate of drug-likeness (QED) is 0.866. The molecular weight excluding hydrogens is 228 g/mol. The molecule has 0 radical (unpaired) electrons. The number of aliphatic hydroxyl groups is 1. The Morgan fingerprint density at radius 3 is 2.41 bits per heavy atom. The van der Waals surface area contributed by atoms with E-state index in [0.717, 1.165) is 24.0 Å². The van der Waals surface area contributed by atoms with Crippen molar-refractivity contribution in [2.45, 2.75) is 32.8 Å². The van der Waals surface area contributed by atoms with Crippen molar-refractivity contribution in [2.24, 2.45) is 0 Å². The van der Waals surface area contributed by atoms with Crippen molar-refractivity contribution in [1.82, 2.24) is 0 Å². The first-order chi connectivity index (χ1) is 8.26. The summed E-state index contributed by atoms with van der Waals surface area (Å²) < 4.78 is 0. The highest BCUT2D eigenvalue weighted by Gasteiger charge is 2.12. The van der Waals surface area contributed by atoms with Gasteiger partial charge in [0.05, 0.1) is 0 Å². The Hall–Kier alpha value is -1.12. The van der Waals surface area contributed by atoms with Gasteiger partial charge in [0, 0.05) is 0 Å². The molecule has 1 heterocycles. The van der Waals surface area contributed by atoms with Gasteiger partial charge >= 0.3 is 0 Å². The summed E-state index contributed by atoms with van der Waals surface area (Å²) in [6, 6.07) is 8.31. The second-order valence-corrected chi connectivity index (χ2v) is 4.97. The van der Waals surface area contributed by atoms with Crippen LogP contribution in [0.2, 0.25) is 0 Å². The van der Waals surface area contributed by atoms with Gasteiger partial charge in [0.15, 0.2) is 0 Å². The highest BCUT2D eigenvalue weighted by Crippen LogP contribution is 2.26. The SMILES string of the molecule is CCc1ccc(C(O)c2ccsc2)cc1CC. The molecule has 0 aliphatic rings. The molecule has 0 amide bonds. The predicted molar refractivity (Wildman–Crippen MR) is 73.6 cm³/mol. The lowest BCUT2D eigenvalue weighted by atomic mass is 9.96. The van der Waals surface area contributed by atoms with E-state index in [0.29, 0.717) is 0 Å². The normalized spacial score (nSPS) is 12.6. The van der Waals surface area contributed by atoms with Crippen molar-refractivity contribution in [3.63, 3.8) is 0 Å². The number of rotatable bonds is 4. The van der Waals surface area contributed by atoms with Gasteiger partial charge in [-0.2, -0.15) is 11.3 Å². The molecule has 2 heteroatoms. The van der Waals surface area contributed by atoms with Crippen molar-refractivity contribution in [2.75, 3.05) is 0 Å². The monoisotopic (exact) mass is 246 g/mol. The number of aliphatic hydroxyl groups excluding tert-OH is 1. The van der Waals surface area contributed by atoms with Crippen molar-refractivity contribution in [3.05, 3.63) is 57.3 Å². The average molecular weight is 246 g/mol. The highest BCUT2D eigenvalue weighted by molar-refractivity contribution is 7.07. The van der Waals surface area contributed by atoms with Crippen LogP contribution in [-0.4, -0.2) is 5.11 Å². The maximum atomic E-state index is 10.3. The maximum absolute atomic E-state index is 10.3. The van der Waals surface area contributed by atoms with Crippen LogP contribution < -0.4 is 0 Å². The number of benzene rings is 1. The standard InChI is InChI=1S/C15H18OS/c1-3-11-5-6-13(9-12(11)4-2)15(16)14-7-8-17-10-14/h5-10,15-16H,3-4H2,1-2H3. The highest BCUT2D eigenvalue weighted by atomic mass is 32.1. The summed E-state index contributed by atoms with van der Waals surface area (Å²) in [7, 11) is 0. The second-order valence-electron chi connectivity index (χ2n) is 4.19. The summed E-state index contributed by atoms with van der Waals surface area (Å²) in [5.74, 6) is 0. The first-order valence-corrected chi connectivity index (χ1v) is 7.02. The van der Waals surface area contributed by atoms with Gasteiger partial charge in [-0.1, -0.05) is 32.0 Å². The molecule has 1 nitrogen and oxygen atoms in total. The minimum atomic E-state index is -0.488. The molecule has 0 spiro atoms. The van der Waals surface area contributed by atoms with Crippen LogP contribution in [0, 0.1) is 0 Å². The largest absolute Gasteiger partial charge is 0.384 e. The van der Waals surface area contributed by atoms with Crippen molar-refractivity contribution >= 4 is 11.3 Å². The zero-order valence-electron chi connectivity index (χ0n) is 10.3. The van der Waals surface area contributed by atoms with Crippen LogP contribution in [0.25, 0.3) is 0 Å². The summed E-state index contributed by atoms with van der Waals surface area (Å²) >= 11 is 1.62. The van der Waals surface area contributed by atoms with E-state index in [1.807, 2.05) is 22.9 Å². The molecule has 0 saturated carbocycles. The molecule has 1 unspecified atom stereocenters.